The van der Waals surface area contributed by atoms with Gasteiger partial charge in [0.2, 0.25) is 0 Å². The van der Waals surface area contributed by atoms with Crippen molar-refractivity contribution in [1.29, 1.82) is 0 Å². The second-order valence-corrected chi connectivity index (χ2v) is 5.60. The number of halogens is 1. The van der Waals surface area contributed by atoms with Gasteiger partial charge < -0.3 is 20.7 Å². The third-order valence-electron chi connectivity index (χ3n) is 3.87. The van der Waals surface area contributed by atoms with Gasteiger partial charge >= 0.3 is 0 Å². The maximum atomic E-state index is 5.98. The van der Waals surface area contributed by atoms with Crippen LogP contribution in [0.15, 0.2) is 65.7 Å². The zero-order valence-corrected chi connectivity index (χ0v) is 16.5. The van der Waals surface area contributed by atoms with Crippen LogP contribution >= 0.6 is 24.0 Å². The van der Waals surface area contributed by atoms with Crippen molar-refractivity contribution in [3.05, 3.63) is 66.2 Å². The predicted octanol–water partition coefficient (Wildman–Crippen LogP) is 3.62. The van der Waals surface area contributed by atoms with E-state index in [4.69, 9.17) is 10.5 Å². The highest BCUT2D eigenvalue weighted by molar-refractivity contribution is 14.0. The third-order valence-corrected chi connectivity index (χ3v) is 3.87. The zero-order chi connectivity index (χ0) is 16.8. The van der Waals surface area contributed by atoms with E-state index in [1.165, 1.54) is 5.69 Å². The Morgan fingerprint density at radius 1 is 1.16 bits per heavy atom. The van der Waals surface area contributed by atoms with E-state index in [9.17, 15) is 0 Å². The van der Waals surface area contributed by atoms with Crippen LogP contribution in [0.1, 0.15) is 5.56 Å². The smallest absolute Gasteiger partial charge is 0.193 e. The summed E-state index contributed by atoms with van der Waals surface area (Å²) in [6.45, 7) is 2.47. The van der Waals surface area contributed by atoms with Crippen LogP contribution in [0.25, 0.3) is 0 Å². The summed E-state index contributed by atoms with van der Waals surface area (Å²) in [5, 5.41) is 3.08. The predicted molar refractivity (Wildman–Crippen MR) is 115 cm³/mol. The van der Waals surface area contributed by atoms with Crippen molar-refractivity contribution < 1.29 is 4.74 Å². The van der Waals surface area contributed by atoms with Crippen molar-refractivity contribution in [2.75, 3.05) is 30.4 Å². The lowest BCUT2D eigenvalue weighted by molar-refractivity contribution is 0.415. The first-order valence-corrected chi connectivity index (χ1v) is 7.94. The van der Waals surface area contributed by atoms with Crippen LogP contribution in [-0.2, 0) is 6.54 Å². The van der Waals surface area contributed by atoms with Gasteiger partial charge in [-0.15, -0.1) is 24.0 Å². The Bertz CT molecular complexity index is 753. The highest BCUT2D eigenvalue weighted by Crippen LogP contribution is 2.19. The number of benzene rings is 2. The molecule has 25 heavy (non-hydrogen) atoms. The van der Waals surface area contributed by atoms with Crippen LogP contribution in [0, 0.1) is 0 Å². The first kappa shape index (κ1) is 19.1. The Labute approximate surface area is 165 Å². The van der Waals surface area contributed by atoms with Crippen LogP contribution in [-0.4, -0.2) is 26.2 Å². The molecular formula is C19H23IN4O. The number of guanidine groups is 1. The van der Waals surface area contributed by atoms with E-state index in [-0.39, 0.29) is 24.0 Å². The molecule has 1 aliphatic heterocycles. The van der Waals surface area contributed by atoms with E-state index >= 15 is 0 Å². The molecule has 1 heterocycles. The molecule has 5 nitrogen and oxygen atoms in total. The minimum absolute atomic E-state index is 0. The molecule has 1 aliphatic rings. The molecule has 0 amide bonds. The summed E-state index contributed by atoms with van der Waals surface area (Å²) in [4.78, 5) is 6.73. The van der Waals surface area contributed by atoms with E-state index < -0.39 is 0 Å². The second-order valence-electron chi connectivity index (χ2n) is 5.60. The summed E-state index contributed by atoms with van der Waals surface area (Å²) in [5.74, 6) is 1.16. The molecule has 0 atom stereocenters. The molecule has 3 rings (SSSR count). The largest absolute Gasteiger partial charge is 0.497 e. The Balaban J connectivity index is 0.00000225. The summed E-state index contributed by atoms with van der Waals surface area (Å²) in [5.41, 5.74) is 9.19. The quantitative estimate of drug-likeness (QED) is 0.316. The van der Waals surface area contributed by atoms with Crippen LogP contribution in [0.5, 0.6) is 5.75 Å². The van der Waals surface area contributed by atoms with Crippen molar-refractivity contribution in [3.8, 4) is 5.75 Å². The number of anilines is 2. The fourth-order valence-electron chi connectivity index (χ4n) is 2.61. The number of methoxy groups -OCH3 is 1. The van der Waals surface area contributed by atoms with Gasteiger partial charge in [-0.25, -0.2) is 4.99 Å². The summed E-state index contributed by atoms with van der Waals surface area (Å²) in [6.07, 6.45) is 4.36. The highest BCUT2D eigenvalue weighted by atomic mass is 127. The van der Waals surface area contributed by atoms with Gasteiger partial charge in [0.25, 0.3) is 0 Å². The first-order valence-electron chi connectivity index (χ1n) is 7.94. The maximum Gasteiger partial charge on any atom is 0.193 e. The Morgan fingerprint density at radius 3 is 2.68 bits per heavy atom. The third kappa shape index (κ3) is 5.38. The Hall–Kier alpha value is -2.22. The monoisotopic (exact) mass is 450 g/mol. The lowest BCUT2D eigenvalue weighted by Gasteiger charge is -2.18. The van der Waals surface area contributed by atoms with E-state index in [0.717, 1.165) is 30.1 Å². The molecule has 0 aliphatic carbocycles. The number of aliphatic imine (C=N–C) groups is 1. The lowest BCUT2D eigenvalue weighted by atomic mass is 10.2. The first-order chi connectivity index (χ1) is 11.7. The maximum absolute atomic E-state index is 5.98. The van der Waals surface area contributed by atoms with Crippen molar-refractivity contribution >= 4 is 41.3 Å². The molecule has 132 valence electrons. The van der Waals surface area contributed by atoms with Crippen molar-refractivity contribution in [1.82, 2.24) is 0 Å². The molecule has 0 unspecified atom stereocenters. The molecule has 0 radical (unpaired) electrons. The number of nitrogens with zero attached hydrogens (tertiary/aromatic N) is 2. The minimum Gasteiger partial charge on any atom is -0.497 e. The Morgan fingerprint density at radius 2 is 1.92 bits per heavy atom. The molecule has 2 aromatic rings. The van der Waals surface area contributed by atoms with Gasteiger partial charge in [0.05, 0.1) is 13.7 Å². The van der Waals surface area contributed by atoms with Crippen LogP contribution in [0.2, 0.25) is 0 Å². The molecule has 0 aromatic heterocycles. The average Bonchev–Trinajstić information content (AvgIpc) is 3.15. The standard InChI is InChI=1S/C19H22N4O.HI/c1-24-18-9-5-7-16(13-18)22-19(20)21-14-15-6-4-8-17(12-15)23-10-2-3-11-23;/h2-9,12-13H,10-11,14H2,1H3,(H3,20,21,22);1H. The molecule has 0 bridgehead atoms. The average molecular weight is 450 g/mol. The van der Waals surface area contributed by atoms with Gasteiger partial charge in [-0.3, -0.25) is 0 Å². The number of hydrogen-bond donors (Lipinski definition) is 2. The van der Waals surface area contributed by atoms with E-state index in [1.54, 1.807) is 7.11 Å². The molecule has 0 saturated heterocycles. The normalized spacial score (nSPS) is 13.5. The number of nitrogens with two attached hydrogens (primary N) is 1. The van der Waals surface area contributed by atoms with Crippen molar-refractivity contribution in [3.63, 3.8) is 0 Å². The van der Waals surface area contributed by atoms with Gasteiger partial charge in [0.1, 0.15) is 5.75 Å². The van der Waals surface area contributed by atoms with Crippen molar-refractivity contribution in [2.45, 2.75) is 6.54 Å². The Kier molecular flexibility index (Phi) is 7.12. The SMILES string of the molecule is COc1cccc(NC(N)=NCc2cccc(N3CC=CC3)c2)c1.I. The molecule has 6 heteroatoms. The van der Waals surface area contributed by atoms with Crippen LogP contribution < -0.4 is 20.7 Å². The molecule has 3 N–H and O–H groups in total. The van der Waals surface area contributed by atoms with Gasteiger partial charge in [-0.1, -0.05) is 30.4 Å². The van der Waals surface area contributed by atoms with E-state index in [1.807, 2.05) is 24.3 Å². The minimum atomic E-state index is 0. The summed E-state index contributed by atoms with van der Waals surface area (Å²) >= 11 is 0. The molecular weight excluding hydrogens is 427 g/mol. The highest BCUT2D eigenvalue weighted by Gasteiger charge is 2.07. The zero-order valence-electron chi connectivity index (χ0n) is 14.2. The lowest BCUT2D eigenvalue weighted by Crippen LogP contribution is -2.22. The topological polar surface area (TPSA) is 62.9 Å². The van der Waals surface area contributed by atoms with Gasteiger partial charge in [-0.05, 0) is 29.8 Å². The second kappa shape index (κ2) is 9.31. The van der Waals surface area contributed by atoms with Crippen LogP contribution in [0.4, 0.5) is 11.4 Å². The van der Waals surface area contributed by atoms with Gasteiger partial charge in [-0.2, -0.15) is 0 Å². The molecule has 2 aromatic carbocycles. The fourth-order valence-corrected chi connectivity index (χ4v) is 2.61. The summed E-state index contributed by atoms with van der Waals surface area (Å²) in [7, 11) is 1.64. The number of rotatable bonds is 5. The summed E-state index contributed by atoms with van der Waals surface area (Å²) in [6, 6.07) is 16.0. The van der Waals surface area contributed by atoms with Gasteiger partial charge in [0, 0.05) is 30.5 Å². The number of ether oxygens (including phenoxy) is 1. The number of hydrogen-bond acceptors (Lipinski definition) is 3. The fraction of sp³-hybridized carbons (Fsp3) is 0.211. The summed E-state index contributed by atoms with van der Waals surface area (Å²) < 4.78 is 5.20. The molecule has 0 fully saturated rings. The van der Waals surface area contributed by atoms with Crippen molar-refractivity contribution in [2.24, 2.45) is 10.7 Å². The number of nitrogens with one attached hydrogen (secondary N) is 1. The molecule has 0 saturated carbocycles. The van der Waals surface area contributed by atoms with E-state index in [2.05, 4.69) is 51.6 Å². The van der Waals surface area contributed by atoms with Crippen LogP contribution in [0.3, 0.4) is 0 Å². The van der Waals surface area contributed by atoms with Gasteiger partial charge in [0.15, 0.2) is 5.96 Å². The molecule has 0 spiro atoms. The van der Waals surface area contributed by atoms with E-state index in [0.29, 0.717) is 12.5 Å².